The van der Waals surface area contributed by atoms with Gasteiger partial charge in [-0.25, -0.2) is 8.42 Å². The van der Waals surface area contributed by atoms with Crippen molar-refractivity contribution in [2.24, 2.45) is 0 Å². The topological polar surface area (TPSA) is 77.4 Å². The van der Waals surface area contributed by atoms with Crippen LogP contribution in [0, 0.1) is 37.9 Å². The van der Waals surface area contributed by atoms with E-state index in [2.05, 4.69) is 12.1 Å². The average Bonchev–Trinajstić information content (AvgIpc) is 2.37. The SMILES string of the molecule is O=S(=O)([O-])C(F)(F)F.Oc1ccc2ccccc2c1[CH2][Th+]. The van der Waals surface area contributed by atoms with Crippen LogP contribution in [0.3, 0.4) is 0 Å². The Bertz CT molecular complexity index is 729. The molecule has 9 heteroatoms. The van der Waals surface area contributed by atoms with Gasteiger partial charge in [-0.2, -0.15) is 13.2 Å². The molecule has 0 aliphatic heterocycles. The molecule has 0 amide bonds. The molecule has 0 fully saturated rings. The normalized spacial score (nSPS) is 11.9. The molecule has 0 aliphatic rings. The Morgan fingerprint density at radius 1 is 1.14 bits per heavy atom. The van der Waals surface area contributed by atoms with E-state index in [4.69, 9.17) is 13.0 Å². The molecule has 21 heavy (non-hydrogen) atoms. The van der Waals surface area contributed by atoms with Gasteiger partial charge in [0.05, 0.1) is 0 Å². The van der Waals surface area contributed by atoms with Crippen LogP contribution >= 0.6 is 0 Å². The van der Waals surface area contributed by atoms with Gasteiger partial charge in [0.25, 0.3) is 0 Å². The summed E-state index contributed by atoms with van der Waals surface area (Å²) in [6, 6.07) is 12.0. The van der Waals surface area contributed by atoms with Gasteiger partial charge in [-0.05, 0) is 0 Å². The summed E-state index contributed by atoms with van der Waals surface area (Å²) in [5.41, 5.74) is -4.53. The van der Waals surface area contributed by atoms with Crippen molar-refractivity contribution >= 4 is 20.9 Å². The first kappa shape index (κ1) is 18.6. The number of phenols is 1. The van der Waals surface area contributed by atoms with E-state index < -0.39 is 15.6 Å². The number of fused-ring (bicyclic) bond motifs is 1. The zero-order valence-corrected chi connectivity index (χ0v) is 15.3. The van der Waals surface area contributed by atoms with Gasteiger partial charge >= 0.3 is 109 Å². The molecule has 0 radical (unpaired) electrons. The Labute approximate surface area is 144 Å². The second kappa shape index (κ2) is 7.19. The number of aromatic hydroxyl groups is 1. The summed E-state index contributed by atoms with van der Waals surface area (Å²) in [5.74, 6) is 0.446. The molecule has 0 atom stereocenters. The van der Waals surface area contributed by atoms with Crippen molar-refractivity contribution in [3.05, 3.63) is 42.0 Å². The molecule has 0 bridgehead atoms. The van der Waals surface area contributed by atoms with E-state index in [0.717, 1.165) is 45.7 Å². The molecular formula is C12H9F3O4STh. The Balaban J connectivity index is 0.000000240. The number of rotatable bonds is 1. The summed E-state index contributed by atoms with van der Waals surface area (Å²) in [5, 5.41) is 12.1. The van der Waals surface area contributed by atoms with Gasteiger partial charge < -0.3 is 4.55 Å². The van der Waals surface area contributed by atoms with E-state index in [1.807, 2.05) is 18.2 Å². The number of alkyl halides is 3. The zero-order valence-electron chi connectivity index (χ0n) is 10.4. The van der Waals surface area contributed by atoms with Crippen LogP contribution in [0.15, 0.2) is 36.4 Å². The number of phenolic OH excluding ortho intramolecular Hbond substituents is 1. The van der Waals surface area contributed by atoms with Crippen molar-refractivity contribution in [3.63, 3.8) is 0 Å². The van der Waals surface area contributed by atoms with Crippen molar-refractivity contribution in [2.45, 2.75) is 7.71 Å². The standard InChI is InChI=1S/C11H9O.CHF3O3S.Th/c1-8-10-5-3-2-4-9(10)6-7-11(8)12;2-1(3,4)8(5,6)7;/h2-7,12H,1H2;(H,5,6,7);/q;;+1/p-1. The van der Waals surface area contributed by atoms with E-state index in [-0.39, 0.29) is 0 Å². The third-order valence-corrected chi connectivity index (χ3v) is 4.50. The first-order valence-electron chi connectivity index (χ1n) is 5.44. The first-order valence-corrected chi connectivity index (χ1v) is 9.75. The minimum atomic E-state index is -6.09. The Kier molecular flexibility index (Phi) is 6.36. The quantitative estimate of drug-likeness (QED) is 0.448. The molecule has 0 aliphatic carbocycles. The van der Waals surface area contributed by atoms with E-state index in [0.29, 0.717) is 5.75 Å². The fraction of sp³-hybridized carbons (Fsp3) is 0.167. The van der Waals surface area contributed by atoms with Crippen LogP contribution in [0.1, 0.15) is 5.56 Å². The molecule has 1 N–H and O–H groups in total. The van der Waals surface area contributed by atoms with Gasteiger partial charge in [0, 0.05) is 0 Å². The van der Waals surface area contributed by atoms with Crippen LogP contribution in [0.2, 0.25) is 0 Å². The summed E-state index contributed by atoms with van der Waals surface area (Å²) in [6.07, 6.45) is 0. The second-order valence-electron chi connectivity index (χ2n) is 3.86. The second-order valence-corrected chi connectivity index (χ2v) is 6.69. The van der Waals surface area contributed by atoms with Crippen LogP contribution in [-0.2, 0) is 12.3 Å². The van der Waals surface area contributed by atoms with Crippen molar-refractivity contribution in [3.8, 4) is 5.75 Å². The van der Waals surface area contributed by atoms with Crippen LogP contribution < -0.4 is 0 Å². The molecular weight excluding hydrogens is 529 g/mol. The van der Waals surface area contributed by atoms with Gasteiger partial charge in [0.15, 0.2) is 10.1 Å². The van der Waals surface area contributed by atoms with E-state index in [1.165, 1.54) is 10.8 Å². The molecule has 112 valence electrons. The van der Waals surface area contributed by atoms with Crippen LogP contribution in [0.4, 0.5) is 13.2 Å². The van der Waals surface area contributed by atoms with Gasteiger partial charge in [-0.15, -0.1) is 0 Å². The van der Waals surface area contributed by atoms with Gasteiger partial charge in [-0.1, -0.05) is 0 Å². The van der Waals surface area contributed by atoms with Gasteiger partial charge in [-0.3, -0.25) is 0 Å². The Morgan fingerprint density at radius 3 is 2.14 bits per heavy atom. The van der Waals surface area contributed by atoms with E-state index in [9.17, 15) is 18.3 Å². The van der Waals surface area contributed by atoms with E-state index in [1.54, 1.807) is 6.07 Å². The van der Waals surface area contributed by atoms with Crippen LogP contribution in [-0.4, -0.2) is 23.6 Å². The number of hydrogen-bond acceptors (Lipinski definition) is 4. The number of benzene rings is 2. The van der Waals surface area contributed by atoms with Gasteiger partial charge in [0.2, 0.25) is 0 Å². The molecule has 4 nitrogen and oxygen atoms in total. The molecule has 0 heterocycles. The summed E-state index contributed by atoms with van der Waals surface area (Å²) in [7, 11) is -6.09. The maximum absolute atomic E-state index is 10.7. The molecule has 2 aromatic carbocycles. The molecule has 0 spiro atoms. The summed E-state index contributed by atoms with van der Waals surface area (Å²) < 4.78 is 59.9. The summed E-state index contributed by atoms with van der Waals surface area (Å²) in [6.45, 7) is 0. The molecule has 0 saturated carbocycles. The third-order valence-electron chi connectivity index (χ3n) is 2.48. The minimum absolute atomic E-state index is 0.446. The van der Waals surface area contributed by atoms with Crippen molar-refractivity contribution in [2.75, 3.05) is 0 Å². The average molecular weight is 538 g/mol. The number of halogens is 3. The molecule has 2 aromatic rings. The monoisotopic (exact) mass is 538 g/mol. The zero-order chi connectivity index (χ0) is 16.3. The predicted molar refractivity (Wildman–Crippen MR) is 65.1 cm³/mol. The molecule has 2 rings (SSSR count). The maximum atomic E-state index is 10.7. The fourth-order valence-electron chi connectivity index (χ4n) is 1.51. The van der Waals surface area contributed by atoms with Crippen molar-refractivity contribution < 1.29 is 69.2 Å². The van der Waals surface area contributed by atoms with Crippen LogP contribution in [0.25, 0.3) is 10.8 Å². The Hall–Kier alpha value is -0.475. The summed E-state index contributed by atoms with van der Waals surface area (Å²) in [4.78, 5) is 0. The number of hydrogen-bond donors (Lipinski definition) is 1. The predicted octanol–water partition coefficient (Wildman–Crippen LogP) is 2.65. The molecule has 0 saturated heterocycles. The molecule has 0 unspecified atom stereocenters. The third kappa shape index (κ3) is 5.03. The van der Waals surface area contributed by atoms with Gasteiger partial charge in [0.1, 0.15) is 0 Å². The molecule has 0 aromatic heterocycles. The summed E-state index contributed by atoms with van der Waals surface area (Å²) >= 11 is 0.879. The van der Waals surface area contributed by atoms with Crippen molar-refractivity contribution in [1.82, 2.24) is 0 Å². The van der Waals surface area contributed by atoms with E-state index >= 15 is 0 Å². The Morgan fingerprint density at radius 2 is 1.67 bits per heavy atom. The van der Waals surface area contributed by atoms with Crippen molar-refractivity contribution in [1.29, 1.82) is 0 Å². The fourth-order valence-corrected chi connectivity index (χ4v) is 3.04. The first-order chi connectivity index (χ1) is 9.58. The van der Waals surface area contributed by atoms with Crippen LogP contribution in [0.5, 0.6) is 5.75 Å².